The van der Waals surface area contributed by atoms with Gasteiger partial charge in [-0.1, -0.05) is 23.7 Å². The van der Waals surface area contributed by atoms with Crippen LogP contribution in [0, 0.1) is 0 Å². The third-order valence-corrected chi connectivity index (χ3v) is 3.46. The Morgan fingerprint density at radius 3 is 2.90 bits per heavy atom. The van der Waals surface area contributed by atoms with Crippen LogP contribution in [0.5, 0.6) is 5.75 Å². The molecule has 0 unspecified atom stereocenters. The van der Waals surface area contributed by atoms with Gasteiger partial charge in [0.05, 0.1) is 31.3 Å². The van der Waals surface area contributed by atoms with Crippen molar-refractivity contribution in [1.29, 1.82) is 0 Å². The molecule has 1 aliphatic heterocycles. The van der Waals surface area contributed by atoms with Gasteiger partial charge in [-0.2, -0.15) is 0 Å². The van der Waals surface area contributed by atoms with E-state index in [1.165, 1.54) is 4.90 Å². The first-order valence-electron chi connectivity index (χ1n) is 6.57. The minimum atomic E-state index is -1.06. The van der Waals surface area contributed by atoms with Crippen molar-refractivity contribution in [3.05, 3.63) is 29.3 Å². The van der Waals surface area contributed by atoms with Crippen molar-refractivity contribution in [3.63, 3.8) is 0 Å². The highest BCUT2D eigenvalue weighted by Gasteiger charge is 2.32. The highest BCUT2D eigenvalue weighted by molar-refractivity contribution is 6.32. The number of benzene rings is 1. The van der Waals surface area contributed by atoms with Crippen LogP contribution < -0.4 is 4.74 Å². The van der Waals surface area contributed by atoms with E-state index < -0.39 is 12.0 Å². The van der Waals surface area contributed by atoms with Gasteiger partial charge in [0.2, 0.25) is 5.91 Å². The second kappa shape index (κ2) is 7.28. The number of morpholine rings is 1. The number of carbonyl (C=O) groups excluding carboxylic acids is 1. The van der Waals surface area contributed by atoms with E-state index in [2.05, 4.69) is 0 Å². The van der Waals surface area contributed by atoms with E-state index in [1.54, 1.807) is 24.3 Å². The van der Waals surface area contributed by atoms with Gasteiger partial charge in [0.15, 0.2) is 6.04 Å². The van der Waals surface area contributed by atoms with E-state index in [0.717, 1.165) is 0 Å². The quantitative estimate of drug-likeness (QED) is 0.889. The predicted molar refractivity (Wildman–Crippen MR) is 75.5 cm³/mol. The van der Waals surface area contributed by atoms with Crippen LogP contribution in [0.2, 0.25) is 5.02 Å². The molecular weight excluding hydrogens is 298 g/mol. The van der Waals surface area contributed by atoms with Gasteiger partial charge in [0, 0.05) is 6.54 Å². The summed E-state index contributed by atoms with van der Waals surface area (Å²) < 4.78 is 10.5. The maximum absolute atomic E-state index is 12.1. The fourth-order valence-electron chi connectivity index (χ4n) is 2.06. The minimum Gasteiger partial charge on any atom is -0.491 e. The third kappa shape index (κ3) is 4.09. The number of halogens is 1. The number of amides is 1. The summed E-state index contributed by atoms with van der Waals surface area (Å²) >= 11 is 5.94. The van der Waals surface area contributed by atoms with Crippen LogP contribution in [0.4, 0.5) is 0 Å². The highest BCUT2D eigenvalue weighted by Crippen LogP contribution is 2.23. The van der Waals surface area contributed by atoms with Crippen LogP contribution in [0.1, 0.15) is 6.42 Å². The van der Waals surface area contributed by atoms with E-state index in [1.807, 2.05) is 0 Å². The Labute approximate surface area is 127 Å². The van der Waals surface area contributed by atoms with Crippen LogP contribution in [-0.4, -0.2) is 54.3 Å². The number of ether oxygens (including phenoxy) is 2. The molecule has 21 heavy (non-hydrogen) atoms. The van der Waals surface area contributed by atoms with Gasteiger partial charge in [-0.05, 0) is 12.1 Å². The summed E-state index contributed by atoms with van der Waals surface area (Å²) in [6.45, 7) is 0.793. The average molecular weight is 314 g/mol. The minimum absolute atomic E-state index is 0.0203. The summed E-state index contributed by atoms with van der Waals surface area (Å²) in [6.07, 6.45) is 0.0923. The van der Waals surface area contributed by atoms with Gasteiger partial charge in [0.25, 0.3) is 0 Å². The molecule has 114 valence electrons. The molecule has 1 fully saturated rings. The summed E-state index contributed by atoms with van der Waals surface area (Å²) in [7, 11) is 0. The SMILES string of the molecule is O=C(O)[C@@H]1COCCN1C(=O)CCOc1ccccc1Cl. The zero-order chi connectivity index (χ0) is 15.2. The Kier molecular flexibility index (Phi) is 5.41. The lowest BCUT2D eigenvalue weighted by atomic mass is 10.2. The molecule has 6 nitrogen and oxygen atoms in total. The molecule has 1 saturated heterocycles. The van der Waals surface area contributed by atoms with Crippen molar-refractivity contribution >= 4 is 23.5 Å². The molecule has 1 aromatic carbocycles. The lowest BCUT2D eigenvalue weighted by Gasteiger charge is -2.32. The van der Waals surface area contributed by atoms with Crippen LogP contribution in [0.3, 0.4) is 0 Å². The third-order valence-electron chi connectivity index (χ3n) is 3.14. The van der Waals surface area contributed by atoms with Crippen molar-refractivity contribution < 1.29 is 24.2 Å². The van der Waals surface area contributed by atoms with Crippen molar-refractivity contribution in [2.45, 2.75) is 12.5 Å². The molecule has 1 heterocycles. The Hall–Kier alpha value is -1.79. The zero-order valence-electron chi connectivity index (χ0n) is 11.3. The van der Waals surface area contributed by atoms with Gasteiger partial charge >= 0.3 is 5.97 Å². The smallest absolute Gasteiger partial charge is 0.328 e. The van der Waals surface area contributed by atoms with E-state index >= 15 is 0 Å². The second-order valence-corrected chi connectivity index (χ2v) is 4.95. The normalized spacial score (nSPS) is 18.3. The van der Waals surface area contributed by atoms with Crippen molar-refractivity contribution in [2.24, 2.45) is 0 Å². The molecule has 0 spiro atoms. The number of aliphatic carboxylic acids is 1. The summed E-state index contributed by atoms with van der Waals surface area (Å²) in [5.74, 6) is -0.823. The van der Waals surface area contributed by atoms with Gasteiger partial charge < -0.3 is 19.5 Å². The van der Waals surface area contributed by atoms with Gasteiger partial charge in [-0.15, -0.1) is 0 Å². The van der Waals surface area contributed by atoms with Crippen LogP contribution in [0.15, 0.2) is 24.3 Å². The molecule has 0 bridgehead atoms. The molecule has 0 radical (unpaired) electrons. The second-order valence-electron chi connectivity index (χ2n) is 4.54. The van der Waals surface area contributed by atoms with Crippen LogP contribution in [0.25, 0.3) is 0 Å². The van der Waals surface area contributed by atoms with E-state index in [-0.39, 0.29) is 32.1 Å². The largest absolute Gasteiger partial charge is 0.491 e. The van der Waals surface area contributed by atoms with Gasteiger partial charge in [-0.25, -0.2) is 4.79 Å². The lowest BCUT2D eigenvalue weighted by Crippen LogP contribution is -2.52. The van der Waals surface area contributed by atoms with Crippen molar-refractivity contribution in [2.75, 3.05) is 26.4 Å². The summed E-state index contributed by atoms with van der Waals surface area (Å²) in [6, 6.07) is 6.05. The molecule has 0 aliphatic carbocycles. The number of para-hydroxylation sites is 1. The number of carboxylic acid groups (broad SMARTS) is 1. The molecule has 1 aromatic rings. The predicted octanol–water partition coefficient (Wildman–Crippen LogP) is 1.42. The number of nitrogens with zero attached hydrogens (tertiary/aromatic N) is 1. The Morgan fingerprint density at radius 2 is 2.19 bits per heavy atom. The molecule has 2 rings (SSSR count). The van der Waals surface area contributed by atoms with E-state index in [9.17, 15) is 9.59 Å². The molecule has 0 saturated carbocycles. The lowest BCUT2D eigenvalue weighted by molar-refractivity contribution is -0.158. The van der Waals surface area contributed by atoms with E-state index in [0.29, 0.717) is 17.4 Å². The first-order chi connectivity index (χ1) is 10.1. The monoisotopic (exact) mass is 313 g/mol. The number of hydrogen-bond acceptors (Lipinski definition) is 4. The Morgan fingerprint density at radius 1 is 1.43 bits per heavy atom. The molecule has 0 aromatic heterocycles. The Bertz CT molecular complexity index is 522. The number of carboxylic acids is 1. The van der Waals surface area contributed by atoms with Crippen molar-refractivity contribution in [3.8, 4) is 5.75 Å². The number of rotatable bonds is 5. The molecule has 1 aliphatic rings. The van der Waals surface area contributed by atoms with Gasteiger partial charge in [0.1, 0.15) is 5.75 Å². The summed E-state index contributed by atoms with van der Waals surface area (Å²) in [5.41, 5.74) is 0. The summed E-state index contributed by atoms with van der Waals surface area (Å²) in [4.78, 5) is 24.5. The Balaban J connectivity index is 1.86. The van der Waals surface area contributed by atoms with Crippen LogP contribution in [-0.2, 0) is 14.3 Å². The maximum Gasteiger partial charge on any atom is 0.328 e. The standard InChI is InChI=1S/C14H16ClNO5/c15-10-3-1-2-4-12(10)21-7-5-13(17)16-6-8-20-9-11(16)14(18)19/h1-4,11H,5-9H2,(H,18,19)/t11-/m0/s1. The topological polar surface area (TPSA) is 76.1 Å². The zero-order valence-corrected chi connectivity index (χ0v) is 12.1. The molecule has 1 atom stereocenters. The molecule has 1 amide bonds. The van der Waals surface area contributed by atoms with E-state index in [4.69, 9.17) is 26.2 Å². The first kappa shape index (κ1) is 15.6. The number of hydrogen-bond donors (Lipinski definition) is 1. The first-order valence-corrected chi connectivity index (χ1v) is 6.94. The number of carbonyl (C=O) groups is 2. The van der Waals surface area contributed by atoms with Gasteiger partial charge in [-0.3, -0.25) is 4.79 Å². The van der Waals surface area contributed by atoms with Crippen molar-refractivity contribution in [1.82, 2.24) is 4.90 Å². The summed E-state index contributed by atoms with van der Waals surface area (Å²) in [5, 5.41) is 9.55. The molecular formula is C14H16ClNO5. The average Bonchev–Trinajstić information content (AvgIpc) is 2.49. The fourth-order valence-corrected chi connectivity index (χ4v) is 2.25. The highest BCUT2D eigenvalue weighted by atomic mass is 35.5. The molecule has 1 N–H and O–H groups in total. The van der Waals surface area contributed by atoms with Crippen LogP contribution >= 0.6 is 11.6 Å². The fraction of sp³-hybridized carbons (Fsp3) is 0.429. The maximum atomic E-state index is 12.1. The molecule has 7 heteroatoms.